The number of aliphatic hydroxyl groups is 1. The molecule has 12 heavy (non-hydrogen) atoms. The van der Waals surface area contributed by atoms with Gasteiger partial charge >= 0.3 is 0 Å². The third kappa shape index (κ3) is 1.00. The molecule has 0 aromatic carbocycles. The summed E-state index contributed by atoms with van der Waals surface area (Å²) in [6.07, 6.45) is 0.441. The molecule has 2 aromatic heterocycles. The summed E-state index contributed by atoms with van der Waals surface area (Å²) in [6, 6.07) is 3.35. The van der Waals surface area contributed by atoms with E-state index in [0.29, 0.717) is 11.3 Å². The number of aromatic amines is 1. The van der Waals surface area contributed by atoms with Crippen molar-refractivity contribution in [2.24, 2.45) is 0 Å². The van der Waals surface area contributed by atoms with Crippen LogP contribution in [0.5, 0.6) is 0 Å². The van der Waals surface area contributed by atoms with Gasteiger partial charge in [-0.1, -0.05) is 0 Å². The van der Waals surface area contributed by atoms with Crippen molar-refractivity contribution >= 4 is 11.1 Å². The fourth-order valence-electron chi connectivity index (χ4n) is 1.09. The normalized spacial score (nSPS) is 13.8. The second kappa shape index (κ2) is 2.63. The van der Waals surface area contributed by atoms with Crippen LogP contribution in [0.25, 0.3) is 11.1 Å². The van der Waals surface area contributed by atoms with Gasteiger partial charge in [-0.25, -0.2) is 0 Å². The molecule has 0 saturated carbocycles. The zero-order valence-corrected chi connectivity index (χ0v) is 6.11. The first-order chi connectivity index (χ1) is 5.81. The molecule has 0 amide bonds. The van der Waals surface area contributed by atoms with Gasteiger partial charge in [0.15, 0.2) is 11.8 Å². The molecule has 2 heterocycles. The van der Waals surface area contributed by atoms with Gasteiger partial charge in [-0.3, -0.25) is 0 Å². The summed E-state index contributed by atoms with van der Waals surface area (Å²) in [5, 5.41) is 17.5. The second-order valence-corrected chi connectivity index (χ2v) is 2.45. The lowest BCUT2D eigenvalue weighted by molar-refractivity contribution is -0.00146. The van der Waals surface area contributed by atoms with E-state index < -0.39 is 6.23 Å². The molecule has 5 heteroatoms. The molecule has 0 spiro atoms. The van der Waals surface area contributed by atoms with Gasteiger partial charge in [-0.15, -0.1) is 0 Å². The zero-order valence-electron chi connectivity index (χ0n) is 6.11. The van der Waals surface area contributed by atoms with Gasteiger partial charge in [0.2, 0.25) is 0 Å². The summed E-state index contributed by atoms with van der Waals surface area (Å²) in [6.45, 7) is 0. The maximum Gasteiger partial charge on any atom is 0.167 e. The van der Waals surface area contributed by atoms with Crippen LogP contribution >= 0.6 is 0 Å². The molecule has 5 nitrogen and oxygen atoms in total. The van der Waals surface area contributed by atoms with Crippen LogP contribution in [0.3, 0.4) is 0 Å². The SMILES string of the molecule is ONC(O)c1cc2occc2[nH]1. The van der Waals surface area contributed by atoms with E-state index in [2.05, 4.69) is 4.98 Å². The van der Waals surface area contributed by atoms with E-state index in [-0.39, 0.29) is 0 Å². The molecule has 0 fully saturated rings. The maximum atomic E-state index is 9.11. The molecular formula is C7H8N2O3. The van der Waals surface area contributed by atoms with Gasteiger partial charge in [-0.2, -0.15) is 5.48 Å². The van der Waals surface area contributed by atoms with Gasteiger partial charge in [0, 0.05) is 12.1 Å². The lowest BCUT2D eigenvalue weighted by Crippen LogP contribution is -2.16. The number of fused-ring (bicyclic) bond motifs is 1. The van der Waals surface area contributed by atoms with Crippen LogP contribution in [0.15, 0.2) is 22.8 Å². The van der Waals surface area contributed by atoms with Crippen LogP contribution in [-0.2, 0) is 0 Å². The van der Waals surface area contributed by atoms with Crippen LogP contribution < -0.4 is 5.48 Å². The van der Waals surface area contributed by atoms with Crippen molar-refractivity contribution in [2.75, 3.05) is 0 Å². The highest BCUT2D eigenvalue weighted by molar-refractivity contribution is 5.74. The lowest BCUT2D eigenvalue weighted by Gasteiger charge is -2.03. The third-order valence-electron chi connectivity index (χ3n) is 1.68. The average Bonchev–Trinajstić information content (AvgIpc) is 2.60. The largest absolute Gasteiger partial charge is 0.463 e. The highest BCUT2D eigenvalue weighted by Gasteiger charge is 2.09. The highest BCUT2D eigenvalue weighted by Crippen LogP contribution is 2.18. The van der Waals surface area contributed by atoms with Crippen LogP contribution in [0.2, 0.25) is 0 Å². The van der Waals surface area contributed by atoms with Crippen LogP contribution in [0.1, 0.15) is 11.9 Å². The summed E-state index contributed by atoms with van der Waals surface area (Å²) in [4.78, 5) is 2.86. The molecule has 0 aliphatic carbocycles. The minimum absolute atomic E-state index is 0.465. The first kappa shape index (κ1) is 7.35. The Morgan fingerprint density at radius 3 is 3.08 bits per heavy atom. The van der Waals surface area contributed by atoms with Crippen molar-refractivity contribution < 1.29 is 14.7 Å². The second-order valence-electron chi connectivity index (χ2n) is 2.45. The highest BCUT2D eigenvalue weighted by atomic mass is 16.5. The molecule has 0 saturated heterocycles. The molecule has 4 N–H and O–H groups in total. The van der Waals surface area contributed by atoms with E-state index in [1.54, 1.807) is 23.9 Å². The molecule has 2 rings (SSSR count). The standard InChI is InChI=1S/C7H8N2O3/c10-7(9-11)5-3-6-4(8-5)1-2-12-6/h1-3,7-11H. The smallest absolute Gasteiger partial charge is 0.167 e. The number of aliphatic hydroxyl groups excluding tert-OH is 1. The first-order valence-electron chi connectivity index (χ1n) is 3.45. The minimum atomic E-state index is -1.10. The van der Waals surface area contributed by atoms with Gasteiger partial charge in [-0.05, 0) is 0 Å². The Bertz CT molecular complexity index is 350. The fraction of sp³-hybridized carbons (Fsp3) is 0.143. The van der Waals surface area contributed by atoms with E-state index in [1.165, 1.54) is 0 Å². The first-order valence-corrected chi connectivity index (χ1v) is 3.45. The summed E-state index contributed by atoms with van der Waals surface area (Å²) < 4.78 is 5.04. The number of furan rings is 1. The van der Waals surface area contributed by atoms with Crippen LogP contribution in [-0.4, -0.2) is 15.3 Å². The van der Waals surface area contributed by atoms with Crippen LogP contribution in [0, 0.1) is 0 Å². The Morgan fingerprint density at radius 2 is 2.42 bits per heavy atom. The van der Waals surface area contributed by atoms with E-state index >= 15 is 0 Å². The summed E-state index contributed by atoms with van der Waals surface area (Å²) in [5.74, 6) is 0. The number of rotatable bonds is 2. The average molecular weight is 168 g/mol. The predicted molar refractivity (Wildman–Crippen MR) is 40.4 cm³/mol. The third-order valence-corrected chi connectivity index (χ3v) is 1.68. The molecule has 2 aromatic rings. The number of nitrogens with one attached hydrogen (secondary N) is 2. The van der Waals surface area contributed by atoms with E-state index in [4.69, 9.17) is 14.7 Å². The molecule has 0 aliphatic rings. The number of hydrogen-bond acceptors (Lipinski definition) is 4. The molecule has 1 unspecified atom stereocenters. The Balaban J connectivity index is 2.44. The summed E-state index contributed by atoms with van der Waals surface area (Å²) in [5.41, 5.74) is 3.62. The minimum Gasteiger partial charge on any atom is -0.463 e. The zero-order chi connectivity index (χ0) is 8.55. The summed E-state index contributed by atoms with van der Waals surface area (Å²) >= 11 is 0. The Hall–Kier alpha value is -1.30. The number of hydroxylamine groups is 1. The van der Waals surface area contributed by atoms with Crippen molar-refractivity contribution in [3.8, 4) is 0 Å². The quantitative estimate of drug-likeness (QED) is 0.393. The van der Waals surface area contributed by atoms with Crippen molar-refractivity contribution in [1.82, 2.24) is 10.5 Å². The Morgan fingerprint density at radius 1 is 1.58 bits per heavy atom. The molecule has 0 bridgehead atoms. The topological polar surface area (TPSA) is 81.4 Å². The maximum absolute atomic E-state index is 9.11. The fourth-order valence-corrected chi connectivity index (χ4v) is 1.09. The van der Waals surface area contributed by atoms with Gasteiger partial charge < -0.3 is 19.7 Å². The number of H-pyrrole nitrogens is 1. The van der Waals surface area contributed by atoms with Gasteiger partial charge in [0.05, 0.1) is 17.5 Å². The van der Waals surface area contributed by atoms with Crippen molar-refractivity contribution in [3.63, 3.8) is 0 Å². The molecule has 1 atom stereocenters. The van der Waals surface area contributed by atoms with Crippen LogP contribution in [0.4, 0.5) is 0 Å². The number of aromatic nitrogens is 1. The van der Waals surface area contributed by atoms with E-state index in [1.807, 2.05) is 0 Å². The Kier molecular flexibility index (Phi) is 1.61. The molecule has 64 valence electrons. The van der Waals surface area contributed by atoms with Crippen molar-refractivity contribution in [2.45, 2.75) is 6.23 Å². The molecule has 0 radical (unpaired) electrons. The van der Waals surface area contributed by atoms with E-state index in [0.717, 1.165) is 5.52 Å². The molecular weight excluding hydrogens is 160 g/mol. The van der Waals surface area contributed by atoms with Crippen molar-refractivity contribution in [3.05, 3.63) is 24.1 Å². The van der Waals surface area contributed by atoms with Gasteiger partial charge in [0.1, 0.15) is 0 Å². The Labute approximate surface area is 67.6 Å². The van der Waals surface area contributed by atoms with E-state index in [9.17, 15) is 0 Å². The lowest BCUT2D eigenvalue weighted by atomic mass is 10.4. The number of hydrogen-bond donors (Lipinski definition) is 4. The molecule has 0 aliphatic heterocycles. The monoisotopic (exact) mass is 168 g/mol. The predicted octanol–water partition coefficient (Wildman–Crippen LogP) is 0.731. The van der Waals surface area contributed by atoms with Gasteiger partial charge in [0.25, 0.3) is 0 Å². The summed E-state index contributed by atoms with van der Waals surface area (Å²) in [7, 11) is 0. The van der Waals surface area contributed by atoms with Crippen molar-refractivity contribution in [1.29, 1.82) is 0 Å².